The summed E-state index contributed by atoms with van der Waals surface area (Å²) in [4.78, 5) is 10.8. The molecule has 1 aromatic carbocycles. The molecule has 6 heteroatoms. The van der Waals surface area contributed by atoms with Gasteiger partial charge in [-0.3, -0.25) is 0 Å². The van der Waals surface area contributed by atoms with E-state index in [0.717, 1.165) is 12.1 Å². The highest BCUT2D eigenvalue weighted by atomic mass is 35.5. The van der Waals surface area contributed by atoms with Crippen LogP contribution in [0.25, 0.3) is 0 Å². The summed E-state index contributed by atoms with van der Waals surface area (Å²) in [6, 6.07) is 4.90. The monoisotopic (exact) mass is 224 g/mol. The molecule has 0 heterocycles. The first-order valence-electron chi connectivity index (χ1n) is 3.44. The third kappa shape index (κ3) is 3.26. The molecular weight excluding hydrogens is 221 g/mol. The van der Waals surface area contributed by atoms with Gasteiger partial charge in [-0.05, 0) is 24.3 Å². The molecule has 0 unspecified atom stereocenters. The Balaban J connectivity index is 2.76. The van der Waals surface area contributed by atoms with Crippen LogP contribution in [0.2, 0.25) is 5.02 Å². The van der Waals surface area contributed by atoms with Crippen molar-refractivity contribution in [1.29, 1.82) is 0 Å². The number of alkyl halides is 3. The smallest absolute Gasteiger partial charge is 0.369 e. The zero-order chi connectivity index (χ0) is 10.8. The van der Waals surface area contributed by atoms with E-state index in [2.05, 4.69) is 4.74 Å². The van der Waals surface area contributed by atoms with Gasteiger partial charge in [0.25, 0.3) is 0 Å². The van der Waals surface area contributed by atoms with E-state index in [-0.39, 0.29) is 5.56 Å². The lowest BCUT2D eigenvalue weighted by Crippen LogP contribution is -2.19. The molecule has 0 spiro atoms. The lowest BCUT2D eigenvalue weighted by Gasteiger charge is -2.06. The van der Waals surface area contributed by atoms with Crippen molar-refractivity contribution in [2.45, 2.75) is 6.36 Å². The lowest BCUT2D eigenvalue weighted by atomic mass is 10.2. The maximum Gasteiger partial charge on any atom is 0.575 e. The molecule has 0 aliphatic rings. The molecule has 14 heavy (non-hydrogen) atoms. The summed E-state index contributed by atoms with van der Waals surface area (Å²) in [6.45, 7) is 0. The topological polar surface area (TPSA) is 26.3 Å². The molecule has 1 aromatic rings. The van der Waals surface area contributed by atoms with Gasteiger partial charge in [-0.2, -0.15) is 0 Å². The summed E-state index contributed by atoms with van der Waals surface area (Å²) in [5.41, 5.74) is -0.202. The van der Waals surface area contributed by atoms with E-state index in [4.69, 9.17) is 11.6 Å². The van der Waals surface area contributed by atoms with E-state index >= 15 is 0 Å². The largest absolute Gasteiger partial charge is 0.575 e. The van der Waals surface area contributed by atoms with Crippen LogP contribution >= 0.6 is 11.6 Å². The third-order valence-electron chi connectivity index (χ3n) is 1.29. The van der Waals surface area contributed by atoms with Gasteiger partial charge in [-0.1, -0.05) is 11.6 Å². The predicted molar refractivity (Wildman–Crippen MR) is 42.9 cm³/mol. The minimum Gasteiger partial charge on any atom is -0.369 e. The van der Waals surface area contributed by atoms with Gasteiger partial charge in [0.15, 0.2) is 0 Å². The standard InChI is InChI=1S/C8H4ClF3O2/c9-6-3-1-5(2-4-6)7(13)14-8(10,11)12/h1-4H. The van der Waals surface area contributed by atoms with Gasteiger partial charge in [0.1, 0.15) is 0 Å². The van der Waals surface area contributed by atoms with Crippen LogP contribution in [0.3, 0.4) is 0 Å². The number of hydrogen-bond donors (Lipinski definition) is 0. The molecular formula is C8H4ClF3O2. The molecule has 0 aromatic heterocycles. The number of halogens is 4. The Morgan fingerprint density at radius 1 is 1.21 bits per heavy atom. The Hall–Kier alpha value is -1.23. The third-order valence-corrected chi connectivity index (χ3v) is 1.54. The zero-order valence-electron chi connectivity index (χ0n) is 6.64. The number of carbonyl (C=O) groups is 1. The van der Waals surface area contributed by atoms with Crippen LogP contribution in [0.5, 0.6) is 0 Å². The zero-order valence-corrected chi connectivity index (χ0v) is 7.39. The van der Waals surface area contributed by atoms with Gasteiger partial charge in [0.05, 0.1) is 5.56 Å². The quantitative estimate of drug-likeness (QED) is 0.686. The number of carbonyl (C=O) groups excluding carboxylic acids is 1. The van der Waals surface area contributed by atoms with Gasteiger partial charge in [0, 0.05) is 5.02 Å². The molecule has 0 radical (unpaired) electrons. The molecule has 0 fully saturated rings. The molecule has 0 aliphatic heterocycles. The molecule has 0 saturated carbocycles. The second-order valence-electron chi connectivity index (χ2n) is 2.34. The van der Waals surface area contributed by atoms with Crippen molar-refractivity contribution >= 4 is 17.6 Å². The van der Waals surface area contributed by atoms with Crippen molar-refractivity contribution < 1.29 is 22.7 Å². The Labute approximate surface area is 82.2 Å². The van der Waals surface area contributed by atoms with Crippen molar-refractivity contribution in [2.24, 2.45) is 0 Å². The van der Waals surface area contributed by atoms with Crippen LogP contribution in [-0.2, 0) is 4.74 Å². The first-order valence-corrected chi connectivity index (χ1v) is 3.82. The van der Waals surface area contributed by atoms with Crippen LogP contribution in [-0.4, -0.2) is 12.3 Å². The first-order chi connectivity index (χ1) is 6.38. The Morgan fingerprint density at radius 3 is 2.14 bits per heavy atom. The van der Waals surface area contributed by atoms with E-state index in [1.807, 2.05) is 0 Å². The number of esters is 1. The average Bonchev–Trinajstić information content (AvgIpc) is 2.02. The fourth-order valence-corrected chi connectivity index (χ4v) is 0.876. The highest BCUT2D eigenvalue weighted by molar-refractivity contribution is 6.30. The molecule has 0 bridgehead atoms. The number of benzene rings is 1. The molecule has 0 N–H and O–H groups in total. The highest BCUT2D eigenvalue weighted by Crippen LogP contribution is 2.19. The molecule has 0 saturated heterocycles. The van der Waals surface area contributed by atoms with Gasteiger partial charge < -0.3 is 4.74 Å². The number of ether oxygens (including phenoxy) is 1. The SMILES string of the molecule is O=C(OC(F)(F)F)c1ccc(Cl)cc1. The molecule has 76 valence electrons. The molecule has 0 aliphatic carbocycles. The predicted octanol–water partition coefficient (Wildman–Crippen LogP) is 3.02. The number of hydrogen-bond acceptors (Lipinski definition) is 2. The van der Waals surface area contributed by atoms with Crippen LogP contribution in [0.4, 0.5) is 13.2 Å². The van der Waals surface area contributed by atoms with Gasteiger partial charge >= 0.3 is 12.3 Å². The molecule has 2 nitrogen and oxygen atoms in total. The fraction of sp³-hybridized carbons (Fsp3) is 0.125. The van der Waals surface area contributed by atoms with Gasteiger partial charge in [-0.25, -0.2) is 4.79 Å². The fourth-order valence-electron chi connectivity index (χ4n) is 0.750. The summed E-state index contributed by atoms with van der Waals surface area (Å²) in [5.74, 6) is -1.45. The first kappa shape index (κ1) is 10.8. The van der Waals surface area contributed by atoms with Crippen LogP contribution in [0.1, 0.15) is 10.4 Å². The highest BCUT2D eigenvalue weighted by Gasteiger charge is 2.34. The Bertz CT molecular complexity index is 331. The van der Waals surface area contributed by atoms with Crippen LogP contribution in [0.15, 0.2) is 24.3 Å². The van der Waals surface area contributed by atoms with Crippen molar-refractivity contribution in [2.75, 3.05) is 0 Å². The number of rotatable bonds is 1. The van der Waals surface area contributed by atoms with Crippen LogP contribution in [0, 0.1) is 0 Å². The maximum absolute atomic E-state index is 11.6. The second kappa shape index (κ2) is 3.88. The van der Waals surface area contributed by atoms with Crippen molar-refractivity contribution in [3.8, 4) is 0 Å². The van der Waals surface area contributed by atoms with E-state index < -0.39 is 12.3 Å². The molecule has 1 rings (SSSR count). The summed E-state index contributed by atoms with van der Waals surface area (Å²) in [6.07, 6.45) is -4.96. The lowest BCUT2D eigenvalue weighted by molar-refractivity contribution is -0.291. The molecule has 0 atom stereocenters. The summed E-state index contributed by atoms with van der Waals surface area (Å²) in [5, 5.41) is 0.327. The minimum atomic E-state index is -4.96. The van der Waals surface area contributed by atoms with Gasteiger partial charge in [-0.15, -0.1) is 13.2 Å². The van der Waals surface area contributed by atoms with Crippen LogP contribution < -0.4 is 0 Å². The summed E-state index contributed by atoms with van der Waals surface area (Å²) >= 11 is 5.48. The maximum atomic E-state index is 11.6. The average molecular weight is 225 g/mol. The van der Waals surface area contributed by atoms with Gasteiger partial charge in [0.2, 0.25) is 0 Å². The van der Waals surface area contributed by atoms with Crippen molar-refractivity contribution in [3.05, 3.63) is 34.9 Å². The Morgan fingerprint density at radius 2 is 1.71 bits per heavy atom. The van der Waals surface area contributed by atoms with E-state index in [0.29, 0.717) is 5.02 Å². The Kier molecular flexibility index (Phi) is 3.00. The van der Waals surface area contributed by atoms with E-state index in [9.17, 15) is 18.0 Å². The normalized spacial score (nSPS) is 11.1. The summed E-state index contributed by atoms with van der Waals surface area (Å²) < 4.78 is 38.0. The van der Waals surface area contributed by atoms with Crippen molar-refractivity contribution in [3.63, 3.8) is 0 Å². The summed E-state index contributed by atoms with van der Waals surface area (Å²) in [7, 11) is 0. The second-order valence-corrected chi connectivity index (χ2v) is 2.78. The van der Waals surface area contributed by atoms with Crippen molar-refractivity contribution in [1.82, 2.24) is 0 Å². The molecule has 0 amide bonds. The minimum absolute atomic E-state index is 0.202. The van der Waals surface area contributed by atoms with E-state index in [1.165, 1.54) is 12.1 Å². The van der Waals surface area contributed by atoms with E-state index in [1.54, 1.807) is 0 Å².